The summed E-state index contributed by atoms with van der Waals surface area (Å²) < 4.78 is 41.5. The number of Topliss-reactive ketones (excluding diaryl/α,β-unsaturated/α-hetero) is 1. The molecular formula is C30H36O9S. The van der Waals surface area contributed by atoms with Gasteiger partial charge in [0, 0.05) is 16.7 Å². The van der Waals surface area contributed by atoms with E-state index in [1.807, 2.05) is 26.8 Å². The standard InChI is InChI=1S/C30H36O9S/c1-18-5-8-21(9-6-18)40(35,36)38-17-25(33)30(39-27(34)37-4)14-12-23-22-10-7-19-15-20(31)11-13-28(19,2)26(22)24(32)16-29(23,30)3/h5-6,8-9,11,13,15,22-24,26,32H,7,10,12,14,16-17H2,1-4H3/t22-,23-,24?,26+,28-,29-,30-/m0/s1. The third-order valence-electron chi connectivity index (χ3n) is 10.1. The van der Waals surface area contributed by atoms with Crippen LogP contribution in [0.2, 0.25) is 0 Å². The number of carbonyl (C=O) groups is 3. The number of ketones is 2. The molecule has 0 aliphatic heterocycles. The lowest BCUT2D eigenvalue weighted by atomic mass is 9.46. The zero-order valence-electron chi connectivity index (χ0n) is 23.2. The van der Waals surface area contributed by atoms with Gasteiger partial charge in [-0.25, -0.2) is 4.79 Å². The van der Waals surface area contributed by atoms with Crippen LogP contribution in [0, 0.1) is 35.5 Å². The predicted octanol–water partition coefficient (Wildman–Crippen LogP) is 4.07. The Labute approximate surface area is 234 Å². The minimum Gasteiger partial charge on any atom is -0.438 e. The van der Waals surface area contributed by atoms with Crippen LogP contribution in [0.15, 0.2) is 53.0 Å². The molecule has 3 fully saturated rings. The van der Waals surface area contributed by atoms with Crippen molar-refractivity contribution in [3.8, 4) is 0 Å². The molecule has 1 unspecified atom stereocenters. The van der Waals surface area contributed by atoms with Crippen LogP contribution in [0.25, 0.3) is 0 Å². The first-order valence-corrected chi connectivity index (χ1v) is 15.1. The highest BCUT2D eigenvalue weighted by Crippen LogP contribution is 2.68. The average molecular weight is 573 g/mol. The van der Waals surface area contributed by atoms with Gasteiger partial charge in [0.05, 0.1) is 18.1 Å². The number of methoxy groups -OCH3 is 1. The first-order valence-electron chi connectivity index (χ1n) is 13.7. The molecule has 4 aliphatic rings. The molecule has 5 rings (SSSR count). The molecule has 9 nitrogen and oxygen atoms in total. The predicted molar refractivity (Wildman–Crippen MR) is 144 cm³/mol. The fourth-order valence-electron chi connectivity index (χ4n) is 8.20. The molecule has 1 aromatic rings. The third kappa shape index (κ3) is 4.35. The van der Waals surface area contributed by atoms with Crippen molar-refractivity contribution in [1.29, 1.82) is 0 Å². The zero-order valence-corrected chi connectivity index (χ0v) is 24.0. The molecule has 0 radical (unpaired) electrons. The Hall–Kier alpha value is -2.82. The van der Waals surface area contributed by atoms with Gasteiger partial charge in [-0.1, -0.05) is 43.2 Å². The number of aryl methyl sites for hydroxylation is 1. The van der Waals surface area contributed by atoms with E-state index >= 15 is 0 Å². The summed E-state index contributed by atoms with van der Waals surface area (Å²) in [5.41, 5.74) is -1.36. The van der Waals surface area contributed by atoms with Crippen LogP contribution in [0.5, 0.6) is 0 Å². The van der Waals surface area contributed by atoms with Crippen LogP contribution in [-0.4, -0.2) is 56.7 Å². The van der Waals surface area contributed by atoms with Gasteiger partial charge >= 0.3 is 6.16 Å². The molecule has 0 heterocycles. The summed E-state index contributed by atoms with van der Waals surface area (Å²) in [6, 6.07) is 6.07. The van der Waals surface area contributed by atoms with Gasteiger partial charge in [0.2, 0.25) is 5.78 Å². The molecule has 40 heavy (non-hydrogen) atoms. The Morgan fingerprint density at radius 2 is 1.82 bits per heavy atom. The van der Waals surface area contributed by atoms with E-state index in [4.69, 9.17) is 13.7 Å². The average Bonchev–Trinajstić information content (AvgIpc) is 3.19. The van der Waals surface area contributed by atoms with Crippen molar-refractivity contribution in [2.75, 3.05) is 13.7 Å². The highest BCUT2D eigenvalue weighted by molar-refractivity contribution is 7.86. The van der Waals surface area contributed by atoms with Crippen molar-refractivity contribution in [2.24, 2.45) is 28.6 Å². The summed E-state index contributed by atoms with van der Waals surface area (Å²) in [6.45, 7) is 4.89. The molecule has 0 saturated heterocycles. The van der Waals surface area contributed by atoms with Crippen LogP contribution in [0.1, 0.15) is 51.5 Å². The number of rotatable bonds is 6. The minimum absolute atomic E-state index is 0.0121. The van der Waals surface area contributed by atoms with Crippen molar-refractivity contribution >= 4 is 27.8 Å². The fraction of sp³-hybridized carbons (Fsp3) is 0.567. The van der Waals surface area contributed by atoms with E-state index in [2.05, 4.69) is 0 Å². The molecular weight excluding hydrogens is 536 g/mol. The highest BCUT2D eigenvalue weighted by atomic mass is 32.2. The first-order chi connectivity index (χ1) is 18.8. The maximum absolute atomic E-state index is 13.9. The normalized spacial score (nSPS) is 36.6. The van der Waals surface area contributed by atoms with Crippen LogP contribution < -0.4 is 0 Å². The lowest BCUT2D eigenvalue weighted by Gasteiger charge is -2.59. The number of aliphatic hydroxyl groups is 1. The third-order valence-corrected chi connectivity index (χ3v) is 11.4. The summed E-state index contributed by atoms with van der Waals surface area (Å²) >= 11 is 0. The SMILES string of the molecule is COC(=O)O[C@]1(C(=O)COS(=O)(=O)c2ccc(C)cc2)CC[C@H]2[C@@H]3CCC4=CC(=O)C=C[C@]4(C)[C@H]3C(O)C[C@@]21C. The number of ether oxygens (including phenoxy) is 2. The van der Waals surface area contributed by atoms with E-state index in [0.717, 1.165) is 18.2 Å². The van der Waals surface area contributed by atoms with E-state index < -0.39 is 51.2 Å². The highest BCUT2D eigenvalue weighted by Gasteiger charge is 2.70. The van der Waals surface area contributed by atoms with Gasteiger partial charge in [-0.15, -0.1) is 0 Å². The van der Waals surface area contributed by atoms with Crippen molar-refractivity contribution in [1.82, 2.24) is 0 Å². The number of carbonyl (C=O) groups excluding carboxylic acids is 3. The topological polar surface area (TPSA) is 133 Å². The zero-order chi connectivity index (χ0) is 29.1. The maximum Gasteiger partial charge on any atom is 0.509 e. The van der Waals surface area contributed by atoms with Crippen molar-refractivity contribution in [2.45, 2.75) is 69.5 Å². The summed E-state index contributed by atoms with van der Waals surface area (Å²) in [6.07, 6.45) is 5.45. The van der Waals surface area contributed by atoms with Crippen LogP contribution >= 0.6 is 0 Å². The van der Waals surface area contributed by atoms with Gasteiger partial charge in [-0.2, -0.15) is 8.42 Å². The van der Waals surface area contributed by atoms with E-state index in [1.165, 1.54) is 12.1 Å². The Kier molecular flexibility index (Phi) is 7.12. The molecule has 3 saturated carbocycles. The van der Waals surface area contributed by atoms with Crippen LogP contribution in [0.4, 0.5) is 4.79 Å². The van der Waals surface area contributed by atoms with Crippen molar-refractivity contribution < 1.29 is 41.6 Å². The van der Waals surface area contributed by atoms with E-state index in [1.54, 1.807) is 24.3 Å². The monoisotopic (exact) mass is 572 g/mol. The molecule has 0 amide bonds. The van der Waals surface area contributed by atoms with Gasteiger partial charge in [-0.05, 0) is 75.1 Å². The quantitative estimate of drug-likeness (QED) is 0.396. The largest absolute Gasteiger partial charge is 0.509 e. The molecule has 1 aromatic carbocycles. The number of fused-ring (bicyclic) bond motifs is 5. The number of benzene rings is 1. The van der Waals surface area contributed by atoms with Gasteiger partial charge < -0.3 is 14.6 Å². The fourth-order valence-corrected chi connectivity index (χ4v) is 9.07. The lowest BCUT2D eigenvalue weighted by Crippen LogP contribution is -2.63. The lowest BCUT2D eigenvalue weighted by molar-refractivity contribution is -0.182. The second kappa shape index (κ2) is 9.92. The summed E-state index contributed by atoms with van der Waals surface area (Å²) in [5, 5.41) is 11.7. The van der Waals surface area contributed by atoms with Crippen molar-refractivity contribution in [3.05, 3.63) is 53.6 Å². The van der Waals surface area contributed by atoms with Crippen molar-refractivity contribution in [3.63, 3.8) is 0 Å². The minimum atomic E-state index is -4.25. The maximum atomic E-state index is 13.9. The number of allylic oxidation sites excluding steroid dienone is 4. The van der Waals surface area contributed by atoms with E-state index in [-0.39, 0.29) is 41.3 Å². The van der Waals surface area contributed by atoms with Crippen LogP contribution in [0.3, 0.4) is 0 Å². The number of aliphatic hydroxyl groups excluding tert-OH is 1. The molecule has 0 aromatic heterocycles. The summed E-state index contributed by atoms with van der Waals surface area (Å²) in [4.78, 5) is 38.5. The van der Waals surface area contributed by atoms with Crippen LogP contribution in [-0.2, 0) is 33.4 Å². The second-order valence-corrected chi connectivity index (χ2v) is 13.7. The second-order valence-electron chi connectivity index (χ2n) is 12.1. The Bertz CT molecular complexity index is 1390. The molecule has 4 aliphatic carbocycles. The van der Waals surface area contributed by atoms with E-state index in [9.17, 15) is 27.9 Å². The van der Waals surface area contributed by atoms with E-state index in [0.29, 0.717) is 19.3 Å². The van der Waals surface area contributed by atoms with Gasteiger partial charge in [-0.3, -0.25) is 13.8 Å². The Morgan fingerprint density at radius 3 is 2.50 bits per heavy atom. The van der Waals surface area contributed by atoms with Gasteiger partial charge in [0.1, 0.15) is 6.61 Å². The Balaban J connectivity index is 1.47. The molecule has 0 spiro atoms. The molecule has 10 heteroatoms. The molecule has 216 valence electrons. The first kappa shape index (κ1) is 28.7. The number of hydrogen-bond donors (Lipinski definition) is 1. The Morgan fingerprint density at radius 1 is 1.12 bits per heavy atom. The number of hydrogen-bond acceptors (Lipinski definition) is 9. The summed E-state index contributed by atoms with van der Waals surface area (Å²) in [5.74, 6) is -1.04. The van der Waals surface area contributed by atoms with Gasteiger partial charge in [0.15, 0.2) is 11.4 Å². The molecule has 7 atom stereocenters. The van der Waals surface area contributed by atoms with Gasteiger partial charge in [0.25, 0.3) is 10.1 Å². The summed E-state index contributed by atoms with van der Waals surface area (Å²) in [7, 11) is -3.11. The smallest absolute Gasteiger partial charge is 0.438 e. The molecule has 0 bridgehead atoms. The molecule has 1 N–H and O–H groups in total.